The summed E-state index contributed by atoms with van der Waals surface area (Å²) in [6, 6.07) is 3.50. The molecule has 1 aromatic rings. The first kappa shape index (κ1) is 8.39. The highest BCUT2D eigenvalue weighted by Crippen LogP contribution is 2.16. The lowest BCUT2D eigenvalue weighted by Crippen LogP contribution is -1.93. The summed E-state index contributed by atoms with van der Waals surface area (Å²) in [6.07, 6.45) is 0.539. The number of ether oxygens (including phenoxy) is 1. The van der Waals surface area contributed by atoms with Crippen molar-refractivity contribution in [2.75, 3.05) is 0 Å². The number of benzene rings is 1. The zero-order valence-corrected chi connectivity index (χ0v) is 5.99. The zero-order valence-electron chi connectivity index (χ0n) is 5.99. The number of aldehydes is 1. The van der Waals surface area contributed by atoms with E-state index in [1.165, 1.54) is 6.07 Å². The van der Waals surface area contributed by atoms with E-state index >= 15 is 0 Å². The standard InChI is InChI=1S/C8H5FO3/c9-7-2-1-6(4-10)3-8(7)12-5-11/h1-5H. The smallest absolute Gasteiger partial charge is 0.298 e. The third-order valence-electron chi connectivity index (χ3n) is 1.27. The molecule has 3 nitrogen and oxygen atoms in total. The largest absolute Gasteiger partial charge is 0.426 e. The van der Waals surface area contributed by atoms with E-state index in [-0.39, 0.29) is 17.8 Å². The summed E-state index contributed by atoms with van der Waals surface area (Å²) in [4.78, 5) is 20.1. The topological polar surface area (TPSA) is 43.4 Å². The molecule has 0 bridgehead atoms. The maximum atomic E-state index is 12.7. The van der Waals surface area contributed by atoms with Crippen LogP contribution in [0.3, 0.4) is 0 Å². The number of hydrogen-bond donors (Lipinski definition) is 0. The second kappa shape index (κ2) is 3.61. The van der Waals surface area contributed by atoms with E-state index in [0.29, 0.717) is 6.29 Å². The Hall–Kier alpha value is -1.71. The average molecular weight is 168 g/mol. The van der Waals surface area contributed by atoms with E-state index in [2.05, 4.69) is 4.74 Å². The van der Waals surface area contributed by atoms with Crippen molar-refractivity contribution in [2.24, 2.45) is 0 Å². The summed E-state index contributed by atoms with van der Waals surface area (Å²) in [5.74, 6) is -0.915. The molecule has 0 amide bonds. The van der Waals surface area contributed by atoms with Gasteiger partial charge >= 0.3 is 0 Å². The van der Waals surface area contributed by atoms with Gasteiger partial charge in [-0.15, -0.1) is 0 Å². The fourth-order valence-corrected chi connectivity index (χ4v) is 0.735. The van der Waals surface area contributed by atoms with Gasteiger partial charge in [0, 0.05) is 5.56 Å². The van der Waals surface area contributed by atoms with E-state index < -0.39 is 5.82 Å². The van der Waals surface area contributed by atoms with Gasteiger partial charge < -0.3 is 4.74 Å². The molecule has 4 heteroatoms. The van der Waals surface area contributed by atoms with Gasteiger partial charge in [0.15, 0.2) is 11.6 Å². The molecule has 0 radical (unpaired) electrons. The van der Waals surface area contributed by atoms with Crippen LogP contribution in [0.25, 0.3) is 0 Å². The van der Waals surface area contributed by atoms with Crippen LogP contribution in [0.4, 0.5) is 4.39 Å². The molecule has 1 rings (SSSR count). The van der Waals surface area contributed by atoms with Gasteiger partial charge in [-0.25, -0.2) is 4.39 Å². The molecule has 12 heavy (non-hydrogen) atoms. The van der Waals surface area contributed by atoms with Crippen molar-refractivity contribution >= 4 is 12.8 Å². The Bertz CT molecular complexity index is 309. The minimum absolute atomic E-state index is 0.104. The molecule has 62 valence electrons. The molecule has 0 heterocycles. The molecule has 0 aromatic heterocycles. The van der Waals surface area contributed by atoms with Gasteiger partial charge in [0.05, 0.1) is 0 Å². The fourth-order valence-electron chi connectivity index (χ4n) is 0.735. The number of hydrogen-bond acceptors (Lipinski definition) is 3. The molecule has 0 saturated heterocycles. The van der Waals surface area contributed by atoms with Crippen LogP contribution in [0, 0.1) is 5.82 Å². The van der Waals surface area contributed by atoms with Crippen molar-refractivity contribution in [1.82, 2.24) is 0 Å². The van der Waals surface area contributed by atoms with E-state index in [9.17, 15) is 14.0 Å². The van der Waals surface area contributed by atoms with Crippen LogP contribution in [0.2, 0.25) is 0 Å². The number of rotatable bonds is 3. The Kier molecular flexibility index (Phi) is 2.53. The maximum Gasteiger partial charge on any atom is 0.298 e. The molecule has 0 fully saturated rings. The molecule has 0 N–H and O–H groups in total. The lowest BCUT2D eigenvalue weighted by molar-refractivity contribution is -0.120. The Labute approximate surface area is 67.8 Å². The summed E-state index contributed by atoms with van der Waals surface area (Å²) in [7, 11) is 0. The Morgan fingerprint density at radius 1 is 1.33 bits per heavy atom. The lowest BCUT2D eigenvalue weighted by Gasteiger charge is -1.98. The molecule has 1 aromatic carbocycles. The minimum atomic E-state index is -0.673. The molecule has 0 unspecified atom stereocenters. The fraction of sp³-hybridized carbons (Fsp3) is 0. The van der Waals surface area contributed by atoms with Crippen LogP contribution in [0.15, 0.2) is 18.2 Å². The van der Waals surface area contributed by atoms with Crippen LogP contribution in [-0.2, 0) is 4.79 Å². The molecule has 0 aliphatic carbocycles. The second-order valence-electron chi connectivity index (χ2n) is 2.02. The molecule has 0 saturated carbocycles. The Morgan fingerprint density at radius 2 is 2.08 bits per heavy atom. The molecule has 0 spiro atoms. The van der Waals surface area contributed by atoms with Gasteiger partial charge in [0.25, 0.3) is 6.47 Å². The monoisotopic (exact) mass is 168 g/mol. The van der Waals surface area contributed by atoms with Crippen molar-refractivity contribution in [1.29, 1.82) is 0 Å². The lowest BCUT2D eigenvalue weighted by atomic mass is 10.2. The van der Waals surface area contributed by atoms with Crippen molar-refractivity contribution < 1.29 is 18.7 Å². The van der Waals surface area contributed by atoms with E-state index in [0.717, 1.165) is 12.1 Å². The van der Waals surface area contributed by atoms with Crippen LogP contribution in [0.1, 0.15) is 10.4 Å². The molecule has 0 atom stereocenters. The van der Waals surface area contributed by atoms with Crippen molar-refractivity contribution in [3.8, 4) is 5.75 Å². The first-order chi connectivity index (χ1) is 5.77. The number of carbonyl (C=O) groups excluding carboxylic acids is 2. The zero-order chi connectivity index (χ0) is 8.97. The molecule has 0 aliphatic heterocycles. The van der Waals surface area contributed by atoms with Crippen LogP contribution in [0.5, 0.6) is 5.75 Å². The molecular formula is C8H5FO3. The third-order valence-corrected chi connectivity index (χ3v) is 1.27. The first-order valence-corrected chi connectivity index (χ1v) is 3.13. The van der Waals surface area contributed by atoms with Gasteiger partial charge in [-0.3, -0.25) is 9.59 Å². The van der Waals surface area contributed by atoms with E-state index in [1.807, 2.05) is 0 Å². The predicted molar refractivity (Wildman–Crippen MR) is 38.5 cm³/mol. The quantitative estimate of drug-likeness (QED) is 0.636. The minimum Gasteiger partial charge on any atom is -0.426 e. The van der Waals surface area contributed by atoms with E-state index in [1.54, 1.807) is 0 Å². The number of halogens is 1. The van der Waals surface area contributed by atoms with Gasteiger partial charge in [-0.2, -0.15) is 0 Å². The Balaban J connectivity index is 3.06. The summed E-state index contributed by atoms with van der Waals surface area (Å²) in [6.45, 7) is 0.104. The SMILES string of the molecule is O=COc1cc(C=O)ccc1F. The predicted octanol–water partition coefficient (Wildman–Crippen LogP) is 1.17. The highest BCUT2D eigenvalue weighted by molar-refractivity contribution is 5.75. The summed E-state index contributed by atoms with van der Waals surface area (Å²) in [5, 5.41) is 0. The maximum absolute atomic E-state index is 12.7. The van der Waals surface area contributed by atoms with Gasteiger partial charge in [-0.05, 0) is 18.2 Å². The number of carbonyl (C=O) groups is 2. The molecule has 0 aliphatic rings. The third kappa shape index (κ3) is 1.66. The Morgan fingerprint density at radius 3 is 2.67 bits per heavy atom. The van der Waals surface area contributed by atoms with Gasteiger partial charge in [0.2, 0.25) is 0 Å². The van der Waals surface area contributed by atoms with Gasteiger partial charge in [0.1, 0.15) is 6.29 Å². The second-order valence-corrected chi connectivity index (χ2v) is 2.02. The summed E-state index contributed by atoms with van der Waals surface area (Å²) in [5.41, 5.74) is 0.258. The summed E-state index contributed by atoms with van der Waals surface area (Å²) < 4.78 is 17.0. The average Bonchev–Trinajstić information content (AvgIpc) is 2.09. The van der Waals surface area contributed by atoms with Crippen LogP contribution < -0.4 is 4.74 Å². The van der Waals surface area contributed by atoms with Crippen molar-refractivity contribution in [2.45, 2.75) is 0 Å². The molecular weight excluding hydrogens is 163 g/mol. The van der Waals surface area contributed by atoms with Crippen LogP contribution >= 0.6 is 0 Å². The normalized spacial score (nSPS) is 9.08. The van der Waals surface area contributed by atoms with Gasteiger partial charge in [-0.1, -0.05) is 0 Å². The first-order valence-electron chi connectivity index (χ1n) is 3.13. The van der Waals surface area contributed by atoms with Crippen molar-refractivity contribution in [3.05, 3.63) is 29.6 Å². The van der Waals surface area contributed by atoms with E-state index in [4.69, 9.17) is 0 Å². The summed E-state index contributed by atoms with van der Waals surface area (Å²) >= 11 is 0. The van der Waals surface area contributed by atoms with Crippen molar-refractivity contribution in [3.63, 3.8) is 0 Å². The van der Waals surface area contributed by atoms with Crippen LogP contribution in [-0.4, -0.2) is 12.8 Å². The highest BCUT2D eigenvalue weighted by atomic mass is 19.1. The highest BCUT2D eigenvalue weighted by Gasteiger charge is 2.03.